The molecule has 2 heterocycles. The molecule has 2 aromatic rings. The molecule has 0 unspecified atom stereocenters. The van der Waals surface area contributed by atoms with Crippen molar-refractivity contribution in [1.82, 2.24) is 10.2 Å². The first-order valence-corrected chi connectivity index (χ1v) is 11.2. The molecular formula is C24H30ClN3O. The van der Waals surface area contributed by atoms with Crippen LogP contribution in [0.1, 0.15) is 23.5 Å². The minimum Gasteiger partial charge on any atom is -0.379 e. The van der Waals surface area contributed by atoms with E-state index in [9.17, 15) is 0 Å². The number of morpholine rings is 1. The van der Waals surface area contributed by atoms with Crippen LogP contribution in [0, 0.1) is 0 Å². The molecule has 2 fully saturated rings. The summed E-state index contributed by atoms with van der Waals surface area (Å²) < 4.78 is 5.42. The van der Waals surface area contributed by atoms with Gasteiger partial charge in [0.15, 0.2) is 0 Å². The van der Waals surface area contributed by atoms with Crippen LogP contribution in [0.3, 0.4) is 0 Å². The normalized spacial score (nSPS) is 26.1. The first-order chi connectivity index (χ1) is 14.3. The molecule has 1 N–H and O–H groups in total. The largest absolute Gasteiger partial charge is 0.379 e. The Morgan fingerprint density at radius 1 is 1.00 bits per heavy atom. The molecule has 4 nitrogen and oxygen atoms in total. The van der Waals surface area contributed by atoms with Gasteiger partial charge in [-0.05, 0) is 41.7 Å². The highest BCUT2D eigenvalue weighted by Crippen LogP contribution is 2.65. The van der Waals surface area contributed by atoms with Crippen LogP contribution in [0.2, 0.25) is 5.02 Å². The highest BCUT2D eigenvalue weighted by atomic mass is 35.5. The number of nitrogens with zero attached hydrogens (tertiary/aromatic N) is 2. The second-order valence-electron chi connectivity index (χ2n) is 8.61. The van der Waals surface area contributed by atoms with E-state index in [-0.39, 0.29) is 5.41 Å². The van der Waals surface area contributed by atoms with Gasteiger partial charge in [0, 0.05) is 61.9 Å². The van der Waals surface area contributed by atoms with Crippen LogP contribution < -0.4 is 10.2 Å². The van der Waals surface area contributed by atoms with Gasteiger partial charge in [0.1, 0.15) is 0 Å². The number of anilines is 1. The van der Waals surface area contributed by atoms with Gasteiger partial charge in [0.05, 0.1) is 13.2 Å². The fourth-order valence-corrected chi connectivity index (χ4v) is 5.32. The van der Waals surface area contributed by atoms with E-state index in [2.05, 4.69) is 51.5 Å². The Kier molecular flexibility index (Phi) is 5.53. The summed E-state index contributed by atoms with van der Waals surface area (Å²) in [4.78, 5) is 5.07. The summed E-state index contributed by atoms with van der Waals surface area (Å²) in [6.45, 7) is 9.27. The lowest BCUT2D eigenvalue weighted by Gasteiger charge is -2.27. The first kappa shape index (κ1) is 19.4. The Balaban J connectivity index is 1.18. The smallest absolute Gasteiger partial charge is 0.0594 e. The molecular weight excluding hydrogens is 382 g/mol. The Bertz CT molecular complexity index is 836. The van der Waals surface area contributed by atoms with Gasteiger partial charge < -0.3 is 15.0 Å². The average Bonchev–Trinajstić information content (AvgIpc) is 3.40. The van der Waals surface area contributed by atoms with Crippen LogP contribution in [0.25, 0.3) is 0 Å². The number of rotatable bonds is 7. The summed E-state index contributed by atoms with van der Waals surface area (Å²) >= 11 is 6.10. The van der Waals surface area contributed by atoms with Crippen LogP contribution in [0.4, 0.5) is 5.69 Å². The molecule has 154 valence electrons. The van der Waals surface area contributed by atoms with E-state index < -0.39 is 0 Å². The molecule has 0 amide bonds. The summed E-state index contributed by atoms with van der Waals surface area (Å²) in [6, 6.07) is 17.5. The second-order valence-corrected chi connectivity index (χ2v) is 9.04. The van der Waals surface area contributed by atoms with Gasteiger partial charge in [-0.3, -0.25) is 4.90 Å². The van der Waals surface area contributed by atoms with Crippen LogP contribution in [0.5, 0.6) is 0 Å². The monoisotopic (exact) mass is 411 g/mol. The topological polar surface area (TPSA) is 27.7 Å². The zero-order chi connectivity index (χ0) is 19.7. The third kappa shape index (κ3) is 3.91. The number of para-hydroxylation sites is 1. The molecule has 3 aliphatic rings. The van der Waals surface area contributed by atoms with E-state index in [1.165, 1.54) is 23.2 Å². The molecule has 1 saturated carbocycles. The van der Waals surface area contributed by atoms with Crippen molar-refractivity contribution in [2.75, 3.05) is 63.9 Å². The summed E-state index contributed by atoms with van der Waals surface area (Å²) in [5.41, 5.74) is 4.68. The van der Waals surface area contributed by atoms with Crippen molar-refractivity contribution in [3.63, 3.8) is 0 Å². The molecule has 29 heavy (non-hydrogen) atoms. The quantitative estimate of drug-likeness (QED) is 0.705. The van der Waals surface area contributed by atoms with Gasteiger partial charge in [-0.1, -0.05) is 41.9 Å². The van der Waals surface area contributed by atoms with E-state index in [1.54, 1.807) is 0 Å². The summed E-state index contributed by atoms with van der Waals surface area (Å²) in [5, 5.41) is 4.47. The van der Waals surface area contributed by atoms with Crippen LogP contribution >= 0.6 is 11.6 Å². The van der Waals surface area contributed by atoms with E-state index in [0.29, 0.717) is 5.92 Å². The molecule has 1 aliphatic carbocycles. The zero-order valence-electron chi connectivity index (χ0n) is 16.9. The maximum Gasteiger partial charge on any atom is 0.0594 e. The molecule has 1 saturated heterocycles. The molecule has 2 aromatic carbocycles. The molecule has 2 atom stereocenters. The first-order valence-electron chi connectivity index (χ1n) is 10.9. The Morgan fingerprint density at radius 2 is 1.76 bits per heavy atom. The van der Waals surface area contributed by atoms with Crippen molar-refractivity contribution in [3.05, 3.63) is 64.7 Å². The van der Waals surface area contributed by atoms with Crippen molar-refractivity contribution in [3.8, 4) is 0 Å². The van der Waals surface area contributed by atoms with Gasteiger partial charge in [-0.25, -0.2) is 0 Å². The van der Waals surface area contributed by atoms with Gasteiger partial charge in [0.2, 0.25) is 0 Å². The summed E-state index contributed by atoms with van der Waals surface area (Å²) in [6.07, 6.45) is 1.24. The lowest BCUT2D eigenvalue weighted by Crippen LogP contribution is -2.41. The van der Waals surface area contributed by atoms with Crippen molar-refractivity contribution < 1.29 is 4.74 Å². The SMILES string of the molecule is Clc1ccc([C@@H]2C[C@@]23CN(CCNCCN2CCOCC2)c2ccccc23)cc1. The molecule has 5 rings (SSSR count). The number of fused-ring (bicyclic) bond motifs is 2. The number of halogens is 1. The average molecular weight is 412 g/mol. The van der Waals surface area contributed by atoms with Crippen LogP contribution in [-0.2, 0) is 10.2 Å². The fourth-order valence-electron chi connectivity index (χ4n) is 5.19. The van der Waals surface area contributed by atoms with Gasteiger partial charge in [-0.15, -0.1) is 0 Å². The number of hydrogen-bond donors (Lipinski definition) is 1. The highest BCUT2D eigenvalue weighted by molar-refractivity contribution is 6.30. The predicted molar refractivity (Wildman–Crippen MR) is 119 cm³/mol. The maximum atomic E-state index is 6.10. The van der Waals surface area contributed by atoms with Crippen molar-refractivity contribution in [2.45, 2.75) is 17.8 Å². The van der Waals surface area contributed by atoms with Crippen molar-refractivity contribution >= 4 is 17.3 Å². The minimum atomic E-state index is 0.290. The number of hydrogen-bond acceptors (Lipinski definition) is 4. The Hall–Kier alpha value is -1.59. The van der Waals surface area contributed by atoms with Crippen molar-refractivity contribution in [2.24, 2.45) is 0 Å². The summed E-state index contributed by atoms with van der Waals surface area (Å²) in [5.74, 6) is 0.611. The molecule has 2 aliphatic heterocycles. The van der Waals surface area contributed by atoms with Crippen molar-refractivity contribution in [1.29, 1.82) is 0 Å². The Morgan fingerprint density at radius 3 is 2.59 bits per heavy atom. The van der Waals surface area contributed by atoms with Crippen LogP contribution in [-0.4, -0.2) is 63.9 Å². The fraction of sp³-hybridized carbons (Fsp3) is 0.500. The molecule has 0 bridgehead atoms. The third-order valence-corrected chi connectivity index (χ3v) is 7.12. The minimum absolute atomic E-state index is 0.290. The van der Waals surface area contributed by atoms with E-state index >= 15 is 0 Å². The van der Waals surface area contributed by atoms with Gasteiger partial charge in [-0.2, -0.15) is 0 Å². The van der Waals surface area contributed by atoms with E-state index in [1.807, 2.05) is 12.1 Å². The van der Waals surface area contributed by atoms with Crippen LogP contribution in [0.15, 0.2) is 48.5 Å². The highest BCUT2D eigenvalue weighted by Gasteiger charge is 2.60. The van der Waals surface area contributed by atoms with E-state index in [0.717, 1.165) is 64.0 Å². The lowest BCUT2D eigenvalue weighted by atomic mass is 9.93. The number of nitrogens with one attached hydrogen (secondary N) is 1. The molecule has 0 radical (unpaired) electrons. The standard InChI is InChI=1S/C24H30ClN3O/c25-20-7-5-19(6-8-20)22-17-24(22)18-28(23-4-2-1-3-21(23)24)12-10-26-9-11-27-13-15-29-16-14-27/h1-8,22,26H,9-18H2/t22-,24-/m0/s1. The van der Waals surface area contributed by atoms with Gasteiger partial charge in [0.25, 0.3) is 0 Å². The molecule has 1 spiro atoms. The zero-order valence-corrected chi connectivity index (χ0v) is 17.7. The lowest BCUT2D eigenvalue weighted by molar-refractivity contribution is 0.0385. The molecule has 0 aromatic heterocycles. The Labute approximate surface area is 178 Å². The third-order valence-electron chi connectivity index (χ3n) is 6.87. The van der Waals surface area contributed by atoms with Gasteiger partial charge >= 0.3 is 0 Å². The predicted octanol–water partition coefficient (Wildman–Crippen LogP) is 3.51. The number of benzene rings is 2. The van der Waals surface area contributed by atoms with E-state index in [4.69, 9.17) is 16.3 Å². The molecule has 5 heteroatoms. The second kappa shape index (κ2) is 8.27. The maximum absolute atomic E-state index is 6.10. The summed E-state index contributed by atoms with van der Waals surface area (Å²) in [7, 11) is 0. The number of ether oxygens (including phenoxy) is 1.